The van der Waals surface area contributed by atoms with Crippen molar-refractivity contribution in [3.05, 3.63) is 42.7 Å². The minimum atomic E-state index is -5.52. The van der Waals surface area contributed by atoms with E-state index >= 15 is 0 Å². The second kappa shape index (κ2) is 13.8. The van der Waals surface area contributed by atoms with Crippen molar-refractivity contribution < 1.29 is 85.3 Å². The van der Waals surface area contributed by atoms with Crippen LogP contribution in [-0.4, -0.2) is 110 Å². The molecule has 10 atom stereocenters. The van der Waals surface area contributed by atoms with E-state index in [9.17, 15) is 53.4 Å². The Hall–Kier alpha value is -2.86. The topological polar surface area (TPSA) is 365 Å². The van der Waals surface area contributed by atoms with Crippen molar-refractivity contribution in [3.8, 4) is 0 Å². The molecule has 5 heterocycles. The van der Waals surface area contributed by atoms with Crippen LogP contribution in [0.25, 0.3) is 11.2 Å². The molecule has 2 aliphatic heterocycles. The number of carbonyl (C=O) groups is 1. The largest absolute Gasteiger partial charge is 0.481 e. The Labute approximate surface area is 267 Å². The molecule has 0 radical (unpaired) electrons. The van der Waals surface area contributed by atoms with Gasteiger partial charge in [0.05, 0.1) is 19.5 Å². The Bertz CT molecular complexity index is 1810. The monoisotopic (exact) mass is 744 g/mol. The molecule has 264 valence electrons. The Morgan fingerprint density at radius 2 is 1.60 bits per heavy atom. The standard InChI is InChI=1S/C21H28N7O17P3/c22-17-12-19(25-7-24-17)28(8-26-12)21-16(44-46(33,34)35)14(30)11(43-21)6-41-48(38,39)45-47(36,37)40-5-10-13(29)15(31)20(42-10)27-3-1-2-9(4-27)18(23)32/h1-4,7-8,10-11,13-16,20-21,29-31H,5-6H2,(H7-,22,23,24,25,32,33,34,35,36,37,38,39)/p+1/t10-,11+,13-,14-,15+,16-,20-,21+/m1/s1. The Kier molecular flexibility index (Phi) is 10.5. The van der Waals surface area contributed by atoms with Crippen LogP contribution < -0.4 is 16.0 Å². The van der Waals surface area contributed by atoms with Crippen molar-refractivity contribution in [1.29, 1.82) is 0 Å². The van der Waals surface area contributed by atoms with E-state index in [-0.39, 0.29) is 22.5 Å². The predicted molar refractivity (Wildman–Crippen MR) is 150 cm³/mol. The van der Waals surface area contributed by atoms with Gasteiger partial charge in [-0.25, -0.2) is 28.6 Å². The Morgan fingerprint density at radius 1 is 0.958 bits per heavy atom. The molecule has 2 unspecified atom stereocenters. The van der Waals surface area contributed by atoms with Gasteiger partial charge in [0.1, 0.15) is 47.9 Å². The molecule has 3 aromatic heterocycles. The number of phosphoric ester groups is 3. The summed E-state index contributed by atoms with van der Waals surface area (Å²) >= 11 is 0. The van der Waals surface area contributed by atoms with E-state index in [4.69, 9.17) is 30.0 Å². The summed E-state index contributed by atoms with van der Waals surface area (Å²) in [7, 11) is -16.3. The number of nitrogens with zero attached hydrogens (tertiary/aromatic N) is 5. The number of aliphatic hydroxyl groups is 3. The summed E-state index contributed by atoms with van der Waals surface area (Å²) in [6.45, 7) is -2.03. The van der Waals surface area contributed by atoms with Gasteiger partial charge in [-0.15, -0.1) is 0 Å². The number of amides is 1. The van der Waals surface area contributed by atoms with Gasteiger partial charge < -0.3 is 55.8 Å². The first-order chi connectivity index (χ1) is 22.4. The van der Waals surface area contributed by atoms with E-state index in [1.54, 1.807) is 0 Å². The van der Waals surface area contributed by atoms with Crippen LogP contribution >= 0.6 is 23.5 Å². The Morgan fingerprint density at radius 3 is 2.23 bits per heavy atom. The van der Waals surface area contributed by atoms with E-state index in [1.807, 2.05) is 0 Å². The van der Waals surface area contributed by atoms with Gasteiger partial charge in [-0.05, 0) is 6.07 Å². The fourth-order valence-electron chi connectivity index (χ4n) is 4.83. The van der Waals surface area contributed by atoms with Gasteiger partial charge in [0, 0.05) is 6.07 Å². The lowest BCUT2D eigenvalue weighted by molar-refractivity contribution is -0.765. The van der Waals surface area contributed by atoms with Crippen LogP contribution in [-0.2, 0) is 41.1 Å². The summed E-state index contributed by atoms with van der Waals surface area (Å²) < 4.78 is 68.4. The van der Waals surface area contributed by atoms with Crippen molar-refractivity contribution >= 4 is 46.4 Å². The summed E-state index contributed by atoms with van der Waals surface area (Å²) in [4.78, 5) is 62.2. The summed E-state index contributed by atoms with van der Waals surface area (Å²) in [5.74, 6) is -0.848. The van der Waals surface area contributed by atoms with E-state index in [0.717, 1.165) is 17.2 Å². The minimum Gasteiger partial charge on any atom is -0.387 e. The van der Waals surface area contributed by atoms with E-state index in [1.165, 1.54) is 29.1 Å². The molecule has 2 aliphatic rings. The molecular weight excluding hydrogens is 715 g/mol. The fraction of sp³-hybridized carbons (Fsp3) is 0.476. The molecule has 0 aromatic carbocycles. The highest BCUT2D eigenvalue weighted by molar-refractivity contribution is 7.61. The average molecular weight is 744 g/mol. The van der Waals surface area contributed by atoms with Gasteiger partial charge in [-0.1, -0.05) is 0 Å². The molecule has 2 saturated heterocycles. The summed E-state index contributed by atoms with van der Waals surface area (Å²) in [6.07, 6.45) is -8.39. The van der Waals surface area contributed by atoms with Crippen molar-refractivity contribution in [2.45, 2.75) is 49.1 Å². The number of ether oxygens (including phenoxy) is 2. The number of aromatic nitrogens is 5. The molecule has 27 heteroatoms. The molecule has 11 N–H and O–H groups in total. The van der Waals surface area contributed by atoms with Crippen LogP contribution in [0.5, 0.6) is 0 Å². The maximum absolute atomic E-state index is 12.6. The lowest BCUT2D eigenvalue weighted by Gasteiger charge is -2.22. The van der Waals surface area contributed by atoms with Gasteiger partial charge in [0.15, 0.2) is 36.2 Å². The second-order valence-electron chi connectivity index (χ2n) is 10.3. The zero-order valence-electron chi connectivity index (χ0n) is 23.9. The second-order valence-corrected chi connectivity index (χ2v) is 14.5. The zero-order valence-corrected chi connectivity index (χ0v) is 26.6. The third-order valence-electron chi connectivity index (χ3n) is 6.98. The fourth-order valence-corrected chi connectivity index (χ4v) is 7.47. The molecule has 0 spiro atoms. The highest BCUT2D eigenvalue weighted by Gasteiger charge is 2.51. The number of pyridine rings is 1. The summed E-state index contributed by atoms with van der Waals surface area (Å²) in [6, 6.07) is 2.79. The number of phosphoric acid groups is 3. The number of nitrogens with two attached hydrogens (primary N) is 2. The number of primary amides is 1. The van der Waals surface area contributed by atoms with Gasteiger partial charge in [0.2, 0.25) is 0 Å². The van der Waals surface area contributed by atoms with Crippen LogP contribution in [0.15, 0.2) is 37.2 Å². The predicted octanol–water partition coefficient (Wildman–Crippen LogP) is -2.90. The first-order valence-corrected chi connectivity index (χ1v) is 17.9. The van der Waals surface area contributed by atoms with Gasteiger partial charge in [-0.3, -0.25) is 22.9 Å². The highest BCUT2D eigenvalue weighted by Crippen LogP contribution is 2.61. The molecule has 0 saturated carbocycles. The van der Waals surface area contributed by atoms with E-state index in [2.05, 4.69) is 23.8 Å². The molecule has 2 fully saturated rings. The lowest BCUT2D eigenvalue weighted by atomic mass is 10.1. The molecule has 24 nitrogen and oxygen atoms in total. The molecule has 0 aliphatic carbocycles. The van der Waals surface area contributed by atoms with Crippen molar-refractivity contribution in [3.63, 3.8) is 0 Å². The van der Waals surface area contributed by atoms with E-state index < -0.39 is 91.7 Å². The number of rotatable bonds is 13. The third-order valence-corrected chi connectivity index (χ3v) is 10.1. The third kappa shape index (κ3) is 8.12. The molecule has 3 aromatic rings. The minimum absolute atomic E-state index is 0.00286. The number of carbonyl (C=O) groups excluding carboxylic acids is 1. The smallest absolute Gasteiger partial charge is 0.387 e. The molecule has 0 bridgehead atoms. The molecule has 1 amide bonds. The van der Waals surface area contributed by atoms with Gasteiger partial charge >= 0.3 is 23.5 Å². The molecule has 5 rings (SSSR count). The number of anilines is 1. The van der Waals surface area contributed by atoms with Crippen molar-refractivity contribution in [1.82, 2.24) is 19.5 Å². The van der Waals surface area contributed by atoms with Gasteiger partial charge in [-0.2, -0.15) is 8.88 Å². The van der Waals surface area contributed by atoms with Crippen LogP contribution in [0.1, 0.15) is 22.8 Å². The number of aliphatic hydroxyl groups excluding tert-OH is 3. The van der Waals surface area contributed by atoms with Crippen LogP contribution in [0.3, 0.4) is 0 Å². The number of fused-ring (bicyclic) bond motifs is 1. The van der Waals surface area contributed by atoms with Crippen LogP contribution in [0.2, 0.25) is 0 Å². The van der Waals surface area contributed by atoms with Gasteiger partial charge in [0.25, 0.3) is 12.1 Å². The lowest BCUT2D eigenvalue weighted by Crippen LogP contribution is -2.46. The first kappa shape index (κ1) is 36.4. The normalized spacial score (nSPS) is 30.3. The average Bonchev–Trinajstić information content (AvgIpc) is 3.64. The number of hydrogen-bond donors (Lipinski definition) is 9. The zero-order chi connectivity index (χ0) is 35.2. The van der Waals surface area contributed by atoms with Crippen LogP contribution in [0, 0.1) is 0 Å². The SMILES string of the molecule is NC(=O)c1ccc[n+]([C@@H]2O[C@H](COP(=O)(O)OP(=O)(O)OC[C@@H]3O[C@H](n4cnc5c(N)ncnc54)[C@H](OP(=O)(O)O)[C@@H]3O)[C@@H](O)[C@@H]2O)c1. The maximum atomic E-state index is 12.6. The maximum Gasteiger partial charge on any atom is 0.481 e. The Balaban J connectivity index is 1.21. The molecular formula is C21H29N7O17P3+. The van der Waals surface area contributed by atoms with Crippen LogP contribution in [0.4, 0.5) is 5.82 Å². The quantitative estimate of drug-likeness (QED) is 0.0626. The number of hydrogen-bond acceptors (Lipinski definition) is 17. The summed E-state index contributed by atoms with van der Waals surface area (Å²) in [5, 5.41) is 31.5. The van der Waals surface area contributed by atoms with Crippen molar-refractivity contribution in [2.75, 3.05) is 18.9 Å². The van der Waals surface area contributed by atoms with E-state index in [0.29, 0.717) is 0 Å². The highest BCUT2D eigenvalue weighted by atomic mass is 31.3. The first-order valence-electron chi connectivity index (χ1n) is 13.3. The number of imidazole rings is 1. The van der Waals surface area contributed by atoms with Crippen molar-refractivity contribution in [2.24, 2.45) is 5.73 Å². The summed E-state index contributed by atoms with van der Waals surface area (Å²) in [5.41, 5.74) is 11.1. The number of nitrogen functional groups attached to an aromatic ring is 1. The molecule has 48 heavy (non-hydrogen) atoms.